The van der Waals surface area contributed by atoms with Gasteiger partial charge in [0.05, 0.1) is 0 Å². The Morgan fingerprint density at radius 1 is 1.17 bits per heavy atom. The van der Waals surface area contributed by atoms with Crippen molar-refractivity contribution in [1.29, 1.82) is 0 Å². The lowest BCUT2D eigenvalue weighted by atomic mass is 9.84. The minimum atomic E-state index is -5.64. The van der Waals surface area contributed by atoms with Gasteiger partial charge in [-0.15, -0.1) is 0 Å². The molecule has 2 aliphatic rings. The van der Waals surface area contributed by atoms with E-state index in [9.17, 15) is 31.9 Å². The fourth-order valence-corrected chi connectivity index (χ4v) is 2.78. The molecular weight excluding hydrogens is 259 g/mol. The van der Waals surface area contributed by atoms with Crippen LogP contribution in [0, 0.1) is 17.8 Å². The molecule has 0 aliphatic heterocycles. The largest absolute Gasteiger partial charge is 0.456 e. The summed E-state index contributed by atoms with van der Waals surface area (Å²) < 4.78 is 62.8. The van der Waals surface area contributed by atoms with Crippen LogP contribution in [0.25, 0.3) is 0 Å². The third-order valence-electron chi connectivity index (χ3n) is 3.67. The number of aliphatic hydroxyl groups excluding tert-OH is 1. The standard InChI is InChI=1S/C11H11F5O2/c12-10(13,9(18)11(14,15)16)8(17)7-4-5-1-2-6(7)3-5/h1-2,5-8,17H,3-4H2. The predicted octanol–water partition coefficient (Wildman–Crippen LogP) is 2.33. The highest BCUT2D eigenvalue weighted by atomic mass is 19.4. The lowest BCUT2D eigenvalue weighted by Crippen LogP contribution is -2.51. The van der Waals surface area contributed by atoms with Crippen LogP contribution in [-0.2, 0) is 4.79 Å². The molecule has 0 aromatic rings. The van der Waals surface area contributed by atoms with Gasteiger partial charge in [0.1, 0.15) is 6.10 Å². The molecule has 2 bridgehead atoms. The van der Waals surface area contributed by atoms with Gasteiger partial charge in [-0.1, -0.05) is 12.2 Å². The van der Waals surface area contributed by atoms with Gasteiger partial charge in [0.2, 0.25) is 0 Å². The van der Waals surface area contributed by atoms with E-state index in [1.54, 1.807) is 12.2 Å². The molecule has 1 fully saturated rings. The number of rotatable bonds is 3. The van der Waals surface area contributed by atoms with Crippen LogP contribution in [0.3, 0.4) is 0 Å². The molecule has 18 heavy (non-hydrogen) atoms. The molecular formula is C11H11F5O2. The van der Waals surface area contributed by atoms with E-state index < -0.39 is 29.9 Å². The van der Waals surface area contributed by atoms with E-state index in [0.717, 1.165) is 0 Å². The zero-order valence-corrected chi connectivity index (χ0v) is 9.12. The van der Waals surface area contributed by atoms with E-state index in [-0.39, 0.29) is 18.3 Å². The maximum atomic E-state index is 13.3. The van der Waals surface area contributed by atoms with Crippen molar-refractivity contribution in [3.8, 4) is 0 Å². The summed E-state index contributed by atoms with van der Waals surface area (Å²) in [6.45, 7) is 0. The molecule has 7 heteroatoms. The molecule has 0 amide bonds. The average molecular weight is 270 g/mol. The van der Waals surface area contributed by atoms with Crippen molar-refractivity contribution in [2.24, 2.45) is 17.8 Å². The van der Waals surface area contributed by atoms with Crippen molar-refractivity contribution < 1.29 is 31.9 Å². The first kappa shape index (κ1) is 13.5. The third-order valence-corrected chi connectivity index (χ3v) is 3.67. The van der Waals surface area contributed by atoms with Gasteiger partial charge >= 0.3 is 17.9 Å². The Hall–Kier alpha value is -0.980. The van der Waals surface area contributed by atoms with E-state index in [0.29, 0.717) is 6.42 Å². The van der Waals surface area contributed by atoms with Gasteiger partial charge in [0, 0.05) is 0 Å². The maximum Gasteiger partial charge on any atom is 0.456 e. The van der Waals surface area contributed by atoms with E-state index in [1.165, 1.54) is 0 Å². The highest BCUT2D eigenvalue weighted by Crippen LogP contribution is 2.48. The number of fused-ring (bicyclic) bond motifs is 2. The number of hydrogen-bond acceptors (Lipinski definition) is 2. The Bertz CT molecular complexity index is 387. The first-order valence-corrected chi connectivity index (χ1v) is 5.50. The molecule has 0 aromatic heterocycles. The molecule has 0 aromatic carbocycles. The lowest BCUT2D eigenvalue weighted by Gasteiger charge is -2.30. The van der Waals surface area contributed by atoms with Crippen molar-refractivity contribution >= 4 is 5.78 Å². The smallest absolute Gasteiger partial charge is 0.386 e. The number of carbonyl (C=O) groups excluding carboxylic acids is 1. The van der Waals surface area contributed by atoms with Crippen LogP contribution in [0.1, 0.15) is 12.8 Å². The second-order valence-electron chi connectivity index (χ2n) is 4.84. The van der Waals surface area contributed by atoms with Gasteiger partial charge in [0.25, 0.3) is 0 Å². The molecule has 0 saturated heterocycles. The number of aliphatic hydroxyl groups is 1. The molecule has 4 atom stereocenters. The SMILES string of the molecule is O=C(C(F)(F)F)C(F)(F)C(O)C1CC2C=CC1C2. The Balaban J connectivity index is 2.15. The summed E-state index contributed by atoms with van der Waals surface area (Å²) in [6.07, 6.45) is -4.04. The summed E-state index contributed by atoms with van der Waals surface area (Å²) in [5.74, 6) is -9.28. The monoisotopic (exact) mass is 270 g/mol. The summed E-state index contributed by atoms with van der Waals surface area (Å²) in [5, 5.41) is 9.43. The van der Waals surface area contributed by atoms with Gasteiger partial charge in [-0.05, 0) is 30.6 Å². The minimum Gasteiger partial charge on any atom is -0.386 e. The van der Waals surface area contributed by atoms with Crippen molar-refractivity contribution in [3.63, 3.8) is 0 Å². The fraction of sp³-hybridized carbons (Fsp3) is 0.727. The first-order valence-electron chi connectivity index (χ1n) is 5.50. The van der Waals surface area contributed by atoms with Crippen LogP contribution < -0.4 is 0 Å². The predicted molar refractivity (Wildman–Crippen MR) is 50.9 cm³/mol. The van der Waals surface area contributed by atoms with Gasteiger partial charge < -0.3 is 5.11 Å². The summed E-state index contributed by atoms with van der Waals surface area (Å²) in [5.41, 5.74) is 0. The van der Waals surface area contributed by atoms with Gasteiger partial charge in [-0.2, -0.15) is 22.0 Å². The maximum absolute atomic E-state index is 13.3. The van der Waals surface area contributed by atoms with E-state index in [1.807, 2.05) is 0 Å². The van der Waals surface area contributed by atoms with Crippen LogP contribution in [0.4, 0.5) is 22.0 Å². The Kier molecular flexibility index (Phi) is 3.00. The van der Waals surface area contributed by atoms with Crippen molar-refractivity contribution in [2.45, 2.75) is 31.0 Å². The topological polar surface area (TPSA) is 37.3 Å². The molecule has 2 nitrogen and oxygen atoms in total. The number of alkyl halides is 5. The molecule has 0 heterocycles. The normalized spacial score (nSPS) is 32.9. The van der Waals surface area contributed by atoms with Gasteiger partial charge in [0.15, 0.2) is 0 Å². The first-order chi connectivity index (χ1) is 8.14. The summed E-state index contributed by atoms with van der Waals surface area (Å²) in [7, 11) is 0. The van der Waals surface area contributed by atoms with Crippen molar-refractivity contribution in [1.82, 2.24) is 0 Å². The minimum absolute atomic E-state index is 0.0199. The molecule has 2 rings (SSSR count). The quantitative estimate of drug-likeness (QED) is 0.631. The third kappa shape index (κ3) is 2.04. The fourth-order valence-electron chi connectivity index (χ4n) is 2.78. The number of allylic oxidation sites excluding steroid dienone is 2. The highest BCUT2D eigenvalue weighted by Gasteiger charge is 2.61. The van der Waals surface area contributed by atoms with E-state index in [4.69, 9.17) is 0 Å². The average Bonchev–Trinajstić information content (AvgIpc) is 2.87. The summed E-state index contributed by atoms with van der Waals surface area (Å²) >= 11 is 0. The summed E-state index contributed by atoms with van der Waals surface area (Å²) in [6, 6.07) is 0. The summed E-state index contributed by atoms with van der Waals surface area (Å²) in [4.78, 5) is 10.6. The zero-order valence-electron chi connectivity index (χ0n) is 9.12. The van der Waals surface area contributed by atoms with Crippen LogP contribution in [0.15, 0.2) is 12.2 Å². The van der Waals surface area contributed by atoms with Crippen molar-refractivity contribution in [2.75, 3.05) is 0 Å². The van der Waals surface area contributed by atoms with Crippen LogP contribution in [0.5, 0.6) is 0 Å². The molecule has 102 valence electrons. The van der Waals surface area contributed by atoms with Crippen LogP contribution >= 0.6 is 0 Å². The highest BCUT2D eigenvalue weighted by molar-refractivity contribution is 5.91. The number of hydrogen-bond donors (Lipinski definition) is 1. The number of halogens is 5. The van der Waals surface area contributed by atoms with Gasteiger partial charge in [-0.25, -0.2) is 0 Å². The molecule has 0 spiro atoms. The van der Waals surface area contributed by atoms with Crippen molar-refractivity contribution in [3.05, 3.63) is 12.2 Å². The Morgan fingerprint density at radius 3 is 2.17 bits per heavy atom. The van der Waals surface area contributed by atoms with Crippen LogP contribution in [0.2, 0.25) is 0 Å². The van der Waals surface area contributed by atoms with E-state index in [2.05, 4.69) is 0 Å². The second-order valence-corrected chi connectivity index (χ2v) is 4.84. The zero-order chi connectivity index (χ0) is 13.7. The lowest BCUT2D eigenvalue weighted by molar-refractivity contribution is -0.213. The van der Waals surface area contributed by atoms with Gasteiger partial charge in [-0.3, -0.25) is 4.79 Å². The number of carbonyl (C=O) groups is 1. The van der Waals surface area contributed by atoms with E-state index >= 15 is 0 Å². The number of Topliss-reactive ketones (excluding diaryl/α,β-unsaturated/α-hetero) is 1. The molecule has 1 N–H and O–H groups in total. The molecule has 1 saturated carbocycles. The Labute approximate surface area is 99.5 Å². The molecule has 4 unspecified atom stereocenters. The molecule has 0 radical (unpaired) electrons. The second kappa shape index (κ2) is 4.01. The Morgan fingerprint density at radius 2 is 1.78 bits per heavy atom. The molecule has 2 aliphatic carbocycles. The van der Waals surface area contributed by atoms with Crippen LogP contribution in [-0.4, -0.2) is 29.1 Å². The number of ketones is 1.